The summed E-state index contributed by atoms with van der Waals surface area (Å²) < 4.78 is 49.1. The third-order valence-corrected chi connectivity index (χ3v) is 3.90. The molecule has 21 heavy (non-hydrogen) atoms. The summed E-state index contributed by atoms with van der Waals surface area (Å²) in [5.41, 5.74) is -1.46. The average molecular weight is 303 g/mol. The fourth-order valence-corrected chi connectivity index (χ4v) is 1.97. The average Bonchev–Trinajstić information content (AvgIpc) is 2.49. The summed E-state index contributed by atoms with van der Waals surface area (Å²) >= 11 is 0. The van der Waals surface area contributed by atoms with Crippen molar-refractivity contribution < 1.29 is 22.5 Å². The summed E-state index contributed by atoms with van der Waals surface area (Å²) in [7, 11) is -0.761. The minimum Gasteiger partial charge on any atom is -0.399 e. The van der Waals surface area contributed by atoms with Gasteiger partial charge in [-0.1, -0.05) is 0 Å². The van der Waals surface area contributed by atoms with Gasteiger partial charge in [0.1, 0.15) is 6.54 Å². The van der Waals surface area contributed by atoms with Crippen LogP contribution in [-0.2, 0) is 15.9 Å². The van der Waals surface area contributed by atoms with E-state index >= 15 is 0 Å². The number of aromatic nitrogens is 1. The van der Waals surface area contributed by atoms with Gasteiger partial charge < -0.3 is 13.9 Å². The number of hydrogen-bond acceptors (Lipinski definition) is 3. The van der Waals surface area contributed by atoms with E-state index in [1.54, 1.807) is 0 Å². The molecule has 0 amide bonds. The molecule has 1 fully saturated rings. The molecule has 0 N–H and O–H groups in total. The minimum absolute atomic E-state index is 0.414. The summed E-state index contributed by atoms with van der Waals surface area (Å²) in [6.07, 6.45) is -3.33. The van der Waals surface area contributed by atoms with E-state index in [2.05, 4.69) is 0 Å². The van der Waals surface area contributed by atoms with Crippen LogP contribution < -0.4 is 11.0 Å². The zero-order chi connectivity index (χ0) is 16.1. The van der Waals surface area contributed by atoms with E-state index in [0.29, 0.717) is 10.0 Å². The number of pyridine rings is 1. The molecule has 1 saturated heterocycles. The summed E-state index contributed by atoms with van der Waals surface area (Å²) in [6.45, 7) is 6.13. The Morgan fingerprint density at radius 1 is 1.19 bits per heavy atom. The van der Waals surface area contributed by atoms with Gasteiger partial charge in [-0.3, -0.25) is 4.79 Å². The molecule has 8 heteroatoms. The molecule has 0 bridgehead atoms. The molecule has 0 spiro atoms. The first-order chi connectivity index (χ1) is 9.41. The van der Waals surface area contributed by atoms with Gasteiger partial charge in [-0.25, -0.2) is 0 Å². The predicted octanol–water partition coefficient (Wildman–Crippen LogP) is 1.71. The lowest BCUT2D eigenvalue weighted by Gasteiger charge is -2.32. The normalized spacial score (nSPS) is 20.8. The highest BCUT2D eigenvalue weighted by molar-refractivity contribution is 6.62. The Morgan fingerprint density at radius 2 is 1.71 bits per heavy atom. The number of hydrogen-bond donors (Lipinski definition) is 0. The lowest BCUT2D eigenvalue weighted by atomic mass is 9.80. The molecule has 0 atom stereocenters. The van der Waals surface area contributed by atoms with E-state index in [4.69, 9.17) is 9.31 Å². The van der Waals surface area contributed by atoms with Crippen LogP contribution in [0.2, 0.25) is 0 Å². The van der Waals surface area contributed by atoms with E-state index < -0.39 is 36.6 Å². The maximum Gasteiger partial charge on any atom is 0.495 e. The minimum atomic E-state index is -4.43. The first-order valence-corrected chi connectivity index (χ1v) is 6.54. The van der Waals surface area contributed by atoms with Gasteiger partial charge in [-0.05, 0) is 39.2 Å². The summed E-state index contributed by atoms with van der Waals surface area (Å²) in [4.78, 5) is 11.7. The molecule has 0 aliphatic carbocycles. The van der Waals surface area contributed by atoms with Crippen molar-refractivity contribution in [3.63, 3.8) is 0 Å². The molecule has 1 aliphatic heterocycles. The van der Waals surface area contributed by atoms with Gasteiger partial charge in [-0.2, -0.15) is 13.2 Å². The van der Waals surface area contributed by atoms with E-state index in [-0.39, 0.29) is 0 Å². The Labute approximate surface area is 121 Å². The number of rotatable bonds is 2. The van der Waals surface area contributed by atoms with Crippen molar-refractivity contribution in [3.8, 4) is 0 Å². The highest BCUT2D eigenvalue weighted by Gasteiger charge is 2.51. The highest BCUT2D eigenvalue weighted by atomic mass is 19.4. The molecule has 1 aromatic heterocycles. The molecule has 0 aromatic carbocycles. The second kappa shape index (κ2) is 4.88. The molecule has 4 nitrogen and oxygen atoms in total. The second-order valence-electron chi connectivity index (χ2n) is 6.13. The van der Waals surface area contributed by atoms with E-state index in [1.165, 1.54) is 6.07 Å². The van der Waals surface area contributed by atoms with Crippen LogP contribution in [0.1, 0.15) is 27.7 Å². The molecular weight excluding hydrogens is 286 g/mol. The Morgan fingerprint density at radius 3 is 2.14 bits per heavy atom. The highest BCUT2D eigenvalue weighted by Crippen LogP contribution is 2.36. The topological polar surface area (TPSA) is 40.5 Å². The lowest BCUT2D eigenvalue weighted by Crippen LogP contribution is -2.41. The molecule has 2 rings (SSSR count). The van der Waals surface area contributed by atoms with E-state index in [1.807, 2.05) is 27.7 Å². The fraction of sp³-hybridized carbons (Fsp3) is 0.615. The van der Waals surface area contributed by atoms with E-state index in [9.17, 15) is 18.0 Å². The van der Waals surface area contributed by atoms with Crippen LogP contribution in [0.4, 0.5) is 13.2 Å². The van der Waals surface area contributed by atoms with Crippen molar-refractivity contribution >= 4 is 12.6 Å². The Kier molecular flexibility index (Phi) is 3.74. The molecule has 0 radical (unpaired) electrons. The van der Waals surface area contributed by atoms with Gasteiger partial charge in [-0.15, -0.1) is 0 Å². The van der Waals surface area contributed by atoms with Gasteiger partial charge in [0.05, 0.1) is 11.2 Å². The lowest BCUT2D eigenvalue weighted by molar-refractivity contribution is -0.141. The van der Waals surface area contributed by atoms with Crippen molar-refractivity contribution in [2.75, 3.05) is 0 Å². The first-order valence-electron chi connectivity index (χ1n) is 6.54. The van der Waals surface area contributed by atoms with Gasteiger partial charge in [0, 0.05) is 12.3 Å². The molecule has 2 heterocycles. The zero-order valence-corrected chi connectivity index (χ0v) is 12.3. The number of alkyl halides is 3. The summed E-state index contributed by atoms with van der Waals surface area (Å²) in [5.74, 6) is 0. The number of nitrogens with zero attached hydrogens (tertiary/aromatic N) is 1. The summed E-state index contributed by atoms with van der Waals surface area (Å²) in [5, 5.41) is 0. The molecule has 0 unspecified atom stereocenters. The van der Waals surface area contributed by atoms with Crippen molar-refractivity contribution in [2.24, 2.45) is 0 Å². The molecule has 1 aromatic rings. The number of halogens is 3. The van der Waals surface area contributed by atoms with Gasteiger partial charge in [0.15, 0.2) is 0 Å². The standard InChI is InChI=1S/C13H17BF3NO3/c1-11(2)12(3,4)21-14(20-11)9-5-6-18(10(19)7-9)8-13(15,16)17/h5-7H,8H2,1-4H3. The van der Waals surface area contributed by atoms with Gasteiger partial charge in [0.2, 0.25) is 5.56 Å². The maximum atomic E-state index is 12.3. The largest absolute Gasteiger partial charge is 0.495 e. The molecule has 116 valence electrons. The Balaban J connectivity index is 2.25. The van der Waals surface area contributed by atoms with Gasteiger partial charge in [0.25, 0.3) is 0 Å². The van der Waals surface area contributed by atoms with Gasteiger partial charge >= 0.3 is 13.3 Å². The quantitative estimate of drug-likeness (QED) is 0.781. The third-order valence-electron chi connectivity index (χ3n) is 3.90. The summed E-state index contributed by atoms with van der Waals surface area (Å²) in [6, 6.07) is 2.53. The van der Waals surface area contributed by atoms with Crippen LogP contribution in [0.15, 0.2) is 23.1 Å². The monoisotopic (exact) mass is 303 g/mol. The van der Waals surface area contributed by atoms with Crippen molar-refractivity contribution in [3.05, 3.63) is 28.7 Å². The third kappa shape index (κ3) is 3.32. The first kappa shape index (κ1) is 16.1. The van der Waals surface area contributed by atoms with Crippen LogP contribution in [0.3, 0.4) is 0 Å². The Bertz CT molecular complexity index is 579. The van der Waals surface area contributed by atoms with Crippen LogP contribution in [0.5, 0.6) is 0 Å². The maximum absolute atomic E-state index is 12.3. The molecular formula is C13H17BF3NO3. The van der Waals surface area contributed by atoms with Crippen molar-refractivity contribution in [1.82, 2.24) is 4.57 Å². The Hall–Kier alpha value is -1.28. The van der Waals surface area contributed by atoms with Crippen LogP contribution in [0, 0.1) is 0 Å². The second-order valence-corrected chi connectivity index (χ2v) is 6.13. The SMILES string of the molecule is CC1(C)OB(c2ccn(CC(F)(F)F)c(=O)c2)OC1(C)C. The molecule has 0 saturated carbocycles. The zero-order valence-electron chi connectivity index (χ0n) is 12.3. The molecule has 1 aliphatic rings. The van der Waals surface area contributed by atoms with Crippen molar-refractivity contribution in [1.29, 1.82) is 0 Å². The fourth-order valence-electron chi connectivity index (χ4n) is 1.97. The van der Waals surface area contributed by atoms with E-state index in [0.717, 1.165) is 12.3 Å². The predicted molar refractivity (Wildman–Crippen MR) is 72.5 cm³/mol. The van der Waals surface area contributed by atoms with Crippen LogP contribution >= 0.6 is 0 Å². The van der Waals surface area contributed by atoms with Crippen LogP contribution in [0.25, 0.3) is 0 Å². The van der Waals surface area contributed by atoms with Crippen molar-refractivity contribution in [2.45, 2.75) is 51.6 Å². The smallest absolute Gasteiger partial charge is 0.399 e. The van der Waals surface area contributed by atoms with Crippen LogP contribution in [-0.4, -0.2) is 29.1 Å².